The third-order valence-corrected chi connectivity index (χ3v) is 4.21. The van der Waals surface area contributed by atoms with Crippen LogP contribution in [0.15, 0.2) is 36.7 Å². The van der Waals surface area contributed by atoms with Crippen molar-refractivity contribution in [1.82, 2.24) is 15.1 Å². The molecule has 24 heavy (non-hydrogen) atoms. The zero-order valence-corrected chi connectivity index (χ0v) is 13.7. The zero-order chi connectivity index (χ0) is 16.9. The van der Waals surface area contributed by atoms with Gasteiger partial charge in [0.2, 0.25) is 5.91 Å². The highest BCUT2D eigenvalue weighted by Crippen LogP contribution is 2.27. The van der Waals surface area contributed by atoms with Gasteiger partial charge >= 0.3 is 0 Å². The molecule has 0 spiro atoms. The molecule has 1 fully saturated rings. The predicted molar refractivity (Wildman–Crippen MR) is 87.8 cm³/mol. The highest BCUT2D eigenvalue weighted by Gasteiger charge is 2.28. The van der Waals surface area contributed by atoms with Gasteiger partial charge in [0.05, 0.1) is 18.3 Å². The minimum atomic E-state index is -0.287. The molecule has 0 saturated carbocycles. The smallest absolute Gasteiger partial charge is 0.222 e. The molecule has 3 rings (SSSR count). The number of halogens is 1. The first-order chi connectivity index (χ1) is 11.6. The number of aromatic nitrogens is 2. The summed E-state index contributed by atoms with van der Waals surface area (Å²) >= 11 is 0. The Morgan fingerprint density at radius 1 is 1.46 bits per heavy atom. The summed E-state index contributed by atoms with van der Waals surface area (Å²) in [6, 6.07) is 5.99. The van der Waals surface area contributed by atoms with E-state index in [4.69, 9.17) is 4.74 Å². The summed E-state index contributed by atoms with van der Waals surface area (Å²) in [5.41, 5.74) is 1.94. The Kier molecular flexibility index (Phi) is 5.25. The number of amides is 1. The fourth-order valence-electron chi connectivity index (χ4n) is 2.98. The molecule has 2 atom stereocenters. The monoisotopic (exact) mass is 331 g/mol. The minimum Gasteiger partial charge on any atom is -0.376 e. The number of carbonyl (C=O) groups excluding carboxylic acids is 1. The second-order valence-electron chi connectivity index (χ2n) is 6.18. The van der Waals surface area contributed by atoms with Crippen LogP contribution in [0.4, 0.5) is 4.39 Å². The highest BCUT2D eigenvalue weighted by atomic mass is 19.1. The van der Waals surface area contributed by atoms with Gasteiger partial charge in [0.15, 0.2) is 0 Å². The van der Waals surface area contributed by atoms with Crippen molar-refractivity contribution in [2.24, 2.45) is 0 Å². The maximum Gasteiger partial charge on any atom is 0.222 e. The molecule has 2 aromatic rings. The van der Waals surface area contributed by atoms with E-state index in [9.17, 15) is 9.18 Å². The molecule has 0 unspecified atom stereocenters. The average Bonchev–Trinajstić information content (AvgIpc) is 3.23. The highest BCUT2D eigenvalue weighted by molar-refractivity contribution is 5.76. The van der Waals surface area contributed by atoms with Crippen molar-refractivity contribution in [3.63, 3.8) is 0 Å². The van der Waals surface area contributed by atoms with Gasteiger partial charge in [0.25, 0.3) is 0 Å². The van der Waals surface area contributed by atoms with Crippen molar-refractivity contribution in [1.29, 1.82) is 0 Å². The van der Waals surface area contributed by atoms with Crippen LogP contribution in [-0.2, 0) is 16.1 Å². The number of rotatable bonds is 6. The van der Waals surface area contributed by atoms with Gasteiger partial charge in [-0.05, 0) is 43.0 Å². The Hall–Kier alpha value is -2.21. The number of hydrogen-bond donors (Lipinski definition) is 1. The Morgan fingerprint density at radius 2 is 2.25 bits per heavy atom. The topological polar surface area (TPSA) is 56.2 Å². The molecule has 1 aliphatic rings. The molecule has 1 N–H and O–H groups in total. The van der Waals surface area contributed by atoms with Gasteiger partial charge in [-0.15, -0.1) is 0 Å². The lowest BCUT2D eigenvalue weighted by molar-refractivity contribution is -0.123. The van der Waals surface area contributed by atoms with Gasteiger partial charge in [-0.2, -0.15) is 5.10 Å². The van der Waals surface area contributed by atoms with E-state index in [-0.39, 0.29) is 23.9 Å². The first-order valence-corrected chi connectivity index (χ1v) is 8.27. The minimum absolute atomic E-state index is 0.0621. The van der Waals surface area contributed by atoms with Crippen molar-refractivity contribution in [3.05, 3.63) is 53.6 Å². The summed E-state index contributed by atoms with van der Waals surface area (Å²) in [5, 5.41) is 7.23. The van der Waals surface area contributed by atoms with Crippen LogP contribution in [0.1, 0.15) is 36.4 Å². The van der Waals surface area contributed by atoms with Crippen LogP contribution in [0.3, 0.4) is 0 Å². The first-order valence-electron chi connectivity index (χ1n) is 8.27. The molecule has 1 aromatic carbocycles. The zero-order valence-electron chi connectivity index (χ0n) is 13.7. The van der Waals surface area contributed by atoms with Crippen LogP contribution in [0.25, 0.3) is 0 Å². The second kappa shape index (κ2) is 7.57. The van der Waals surface area contributed by atoms with Gasteiger partial charge in [0, 0.05) is 25.8 Å². The van der Waals surface area contributed by atoms with Gasteiger partial charge in [-0.3, -0.25) is 9.48 Å². The fraction of sp³-hybridized carbons (Fsp3) is 0.444. The second-order valence-corrected chi connectivity index (χ2v) is 6.18. The lowest BCUT2D eigenvalue weighted by Gasteiger charge is -2.25. The Bertz CT molecular complexity index is 678. The Labute approximate surface area is 140 Å². The van der Waals surface area contributed by atoms with Gasteiger partial charge in [0.1, 0.15) is 5.82 Å². The molecule has 2 heterocycles. The number of benzene rings is 1. The third-order valence-electron chi connectivity index (χ3n) is 4.21. The van der Waals surface area contributed by atoms with E-state index in [1.807, 2.05) is 13.1 Å². The lowest BCUT2D eigenvalue weighted by atomic mass is 9.99. The van der Waals surface area contributed by atoms with E-state index in [1.54, 1.807) is 23.0 Å². The summed E-state index contributed by atoms with van der Waals surface area (Å²) in [5.74, 6) is -0.349. The number of aryl methyl sites for hydroxylation is 2. The third kappa shape index (κ3) is 4.20. The average molecular weight is 331 g/mol. The molecule has 1 aliphatic heterocycles. The van der Waals surface area contributed by atoms with Crippen LogP contribution in [0, 0.1) is 12.7 Å². The van der Waals surface area contributed by atoms with Crippen LogP contribution >= 0.6 is 0 Å². The molecular weight excluding hydrogens is 309 g/mol. The first kappa shape index (κ1) is 16.6. The SMILES string of the molecule is Cc1cnn(CCC(=O)N[C@H](c2ccc(F)cc2)[C@H]2CCCO2)c1. The number of carbonyl (C=O) groups is 1. The quantitative estimate of drug-likeness (QED) is 0.885. The van der Waals surface area contributed by atoms with Crippen molar-refractivity contribution in [2.45, 2.75) is 44.9 Å². The van der Waals surface area contributed by atoms with Crippen LogP contribution in [0.2, 0.25) is 0 Å². The molecule has 0 radical (unpaired) electrons. The molecule has 5 nitrogen and oxygen atoms in total. The maximum atomic E-state index is 13.2. The van der Waals surface area contributed by atoms with Crippen LogP contribution in [-0.4, -0.2) is 28.4 Å². The van der Waals surface area contributed by atoms with Crippen molar-refractivity contribution in [2.75, 3.05) is 6.61 Å². The molecule has 128 valence electrons. The van der Waals surface area contributed by atoms with Crippen molar-refractivity contribution < 1.29 is 13.9 Å². The number of hydrogen-bond acceptors (Lipinski definition) is 3. The fourth-order valence-corrected chi connectivity index (χ4v) is 2.98. The molecule has 1 saturated heterocycles. The number of nitrogens with one attached hydrogen (secondary N) is 1. The number of nitrogens with zero attached hydrogens (tertiary/aromatic N) is 2. The largest absolute Gasteiger partial charge is 0.376 e. The van der Waals surface area contributed by atoms with E-state index in [0.29, 0.717) is 19.6 Å². The van der Waals surface area contributed by atoms with Crippen molar-refractivity contribution in [3.8, 4) is 0 Å². The number of ether oxygens (including phenoxy) is 1. The van der Waals surface area contributed by atoms with Gasteiger partial charge in [-0.25, -0.2) is 4.39 Å². The van der Waals surface area contributed by atoms with E-state index < -0.39 is 0 Å². The molecular formula is C18H22FN3O2. The van der Waals surface area contributed by atoms with Gasteiger partial charge in [-0.1, -0.05) is 12.1 Å². The van der Waals surface area contributed by atoms with Crippen LogP contribution < -0.4 is 5.32 Å². The van der Waals surface area contributed by atoms with E-state index >= 15 is 0 Å². The summed E-state index contributed by atoms with van der Waals surface area (Å²) in [4.78, 5) is 12.3. The van der Waals surface area contributed by atoms with E-state index in [2.05, 4.69) is 10.4 Å². The van der Waals surface area contributed by atoms with Crippen molar-refractivity contribution >= 4 is 5.91 Å². The van der Waals surface area contributed by atoms with E-state index in [0.717, 1.165) is 24.0 Å². The molecule has 1 aromatic heterocycles. The lowest BCUT2D eigenvalue weighted by Crippen LogP contribution is -2.36. The predicted octanol–water partition coefficient (Wildman–Crippen LogP) is 2.76. The van der Waals surface area contributed by atoms with Crippen LogP contribution in [0.5, 0.6) is 0 Å². The molecule has 1 amide bonds. The normalized spacial score (nSPS) is 18.5. The standard InChI is InChI=1S/C18H22FN3O2/c1-13-11-20-22(12-13)9-8-17(23)21-18(16-3-2-10-24-16)14-4-6-15(19)7-5-14/h4-7,11-12,16,18H,2-3,8-10H2,1H3,(H,21,23)/t16-,18-/m1/s1. The van der Waals surface area contributed by atoms with Gasteiger partial charge < -0.3 is 10.1 Å². The summed E-state index contributed by atoms with van der Waals surface area (Å²) in [6.07, 6.45) is 5.82. The maximum absolute atomic E-state index is 13.2. The summed E-state index contributed by atoms with van der Waals surface area (Å²) < 4.78 is 20.7. The Balaban J connectivity index is 1.64. The molecule has 0 bridgehead atoms. The Morgan fingerprint density at radius 3 is 2.88 bits per heavy atom. The summed E-state index contributed by atoms with van der Waals surface area (Å²) in [7, 11) is 0. The summed E-state index contributed by atoms with van der Waals surface area (Å²) in [6.45, 7) is 3.19. The molecule has 0 aliphatic carbocycles. The molecule has 6 heteroatoms. The van der Waals surface area contributed by atoms with E-state index in [1.165, 1.54) is 12.1 Å².